The van der Waals surface area contributed by atoms with Crippen molar-refractivity contribution in [3.8, 4) is 11.5 Å². The van der Waals surface area contributed by atoms with Crippen molar-refractivity contribution in [2.75, 3.05) is 6.54 Å². The van der Waals surface area contributed by atoms with E-state index in [1.54, 1.807) is 17.2 Å². The summed E-state index contributed by atoms with van der Waals surface area (Å²) in [7, 11) is 0. The molecule has 3 aromatic rings. The normalized spacial score (nSPS) is 19.8. The van der Waals surface area contributed by atoms with Gasteiger partial charge < -0.3 is 14.4 Å². The number of hydrogen-bond acceptors (Lipinski definition) is 4. The van der Waals surface area contributed by atoms with Crippen molar-refractivity contribution in [1.29, 1.82) is 0 Å². The Morgan fingerprint density at radius 1 is 1.29 bits per heavy atom. The molecule has 146 valence electrons. The lowest BCUT2D eigenvalue weighted by Gasteiger charge is -2.36. The van der Waals surface area contributed by atoms with Gasteiger partial charge in [0.1, 0.15) is 0 Å². The largest absolute Gasteiger partial charge is 0.357 e. The quantitative estimate of drug-likeness (QED) is 0.699. The van der Waals surface area contributed by atoms with Crippen molar-refractivity contribution < 1.29 is 18.1 Å². The summed E-state index contributed by atoms with van der Waals surface area (Å²) in [5.74, 6) is -1.71. The average Bonchev–Trinajstić information content (AvgIpc) is 3.33. The summed E-state index contributed by atoms with van der Waals surface area (Å²) in [6, 6.07) is 4.82. The maximum Gasteiger partial charge on any atom is 0.254 e. The lowest BCUT2D eigenvalue weighted by molar-refractivity contribution is 0.0592. The fraction of sp³-hybridized carbons (Fsp3) is 0.316. The van der Waals surface area contributed by atoms with Crippen LogP contribution in [0.4, 0.5) is 8.78 Å². The Bertz CT molecular complexity index is 1020. The Balaban J connectivity index is 1.54. The molecule has 1 saturated heterocycles. The fourth-order valence-electron chi connectivity index (χ4n) is 3.39. The number of carbonyl (C=O) groups excluding carboxylic acids is 1. The first-order valence-electron chi connectivity index (χ1n) is 8.86. The minimum absolute atomic E-state index is 0.0403. The van der Waals surface area contributed by atoms with E-state index >= 15 is 0 Å². The molecule has 0 aliphatic carbocycles. The minimum atomic E-state index is -1.04. The van der Waals surface area contributed by atoms with Gasteiger partial charge in [0.05, 0.1) is 16.6 Å². The Morgan fingerprint density at radius 2 is 2.11 bits per heavy atom. The van der Waals surface area contributed by atoms with Gasteiger partial charge in [0, 0.05) is 24.3 Å². The topological polar surface area (TPSA) is 75.0 Å². The van der Waals surface area contributed by atoms with Crippen molar-refractivity contribution >= 4 is 17.5 Å². The minimum Gasteiger partial charge on any atom is -0.357 e. The predicted molar refractivity (Wildman–Crippen MR) is 97.9 cm³/mol. The number of aromatic amines is 1. The van der Waals surface area contributed by atoms with Crippen molar-refractivity contribution in [1.82, 2.24) is 20.0 Å². The smallest absolute Gasteiger partial charge is 0.254 e. The molecule has 6 nitrogen and oxygen atoms in total. The number of H-pyrrole nitrogens is 1. The van der Waals surface area contributed by atoms with Crippen molar-refractivity contribution in [3.63, 3.8) is 0 Å². The van der Waals surface area contributed by atoms with Gasteiger partial charge in [-0.25, -0.2) is 8.78 Å². The van der Waals surface area contributed by atoms with Crippen LogP contribution in [0.2, 0.25) is 5.02 Å². The zero-order valence-corrected chi connectivity index (χ0v) is 15.7. The highest BCUT2D eigenvalue weighted by Crippen LogP contribution is 2.31. The van der Waals surface area contributed by atoms with E-state index in [1.165, 1.54) is 6.07 Å². The molecule has 3 heterocycles. The molecule has 0 unspecified atom stereocenters. The average molecular weight is 407 g/mol. The summed E-state index contributed by atoms with van der Waals surface area (Å²) < 4.78 is 32.1. The highest BCUT2D eigenvalue weighted by molar-refractivity contribution is 6.30. The van der Waals surface area contributed by atoms with Gasteiger partial charge in [-0.1, -0.05) is 16.8 Å². The maximum atomic E-state index is 13.5. The number of rotatable bonds is 3. The van der Waals surface area contributed by atoms with Crippen LogP contribution < -0.4 is 0 Å². The van der Waals surface area contributed by atoms with E-state index in [4.69, 9.17) is 16.1 Å². The van der Waals surface area contributed by atoms with Crippen molar-refractivity contribution in [2.24, 2.45) is 0 Å². The van der Waals surface area contributed by atoms with Gasteiger partial charge in [-0.05, 0) is 44.0 Å². The molecule has 28 heavy (non-hydrogen) atoms. The zero-order valence-electron chi connectivity index (χ0n) is 15.0. The van der Waals surface area contributed by atoms with Crippen LogP contribution in [-0.4, -0.2) is 38.5 Å². The molecule has 0 saturated carbocycles. The van der Waals surface area contributed by atoms with Crippen LogP contribution in [0.3, 0.4) is 0 Å². The lowest BCUT2D eigenvalue weighted by atomic mass is 9.92. The summed E-state index contributed by atoms with van der Waals surface area (Å²) in [5.41, 5.74) is 0.748. The molecule has 0 spiro atoms. The number of carbonyl (C=O) groups is 1. The number of nitrogens with one attached hydrogen (secondary N) is 1. The first-order valence-corrected chi connectivity index (χ1v) is 9.24. The fourth-order valence-corrected chi connectivity index (χ4v) is 3.56. The second kappa shape index (κ2) is 7.35. The first-order chi connectivity index (χ1) is 13.4. The van der Waals surface area contributed by atoms with Crippen LogP contribution in [0.15, 0.2) is 35.0 Å². The molecule has 1 fully saturated rings. The second-order valence-corrected chi connectivity index (χ2v) is 7.33. The van der Waals surface area contributed by atoms with Crippen LogP contribution in [0.25, 0.3) is 11.5 Å². The molecular formula is C19H17ClF2N4O2. The third-order valence-electron chi connectivity index (χ3n) is 4.99. The standard InChI is InChI=1S/C19H17ClF2N4O2/c1-10-2-3-12(18-24-17(25-28-18)16-7-13(20)8-23-16)9-26(10)19(27)11-4-5-14(21)15(22)6-11/h4-8,10,12,23H,2-3,9H2,1H3/t10-,12+/m1/s1. The van der Waals surface area contributed by atoms with Gasteiger partial charge in [0.15, 0.2) is 11.6 Å². The number of halogens is 3. The van der Waals surface area contributed by atoms with Crippen LogP contribution in [0, 0.1) is 11.6 Å². The Hall–Kier alpha value is -2.74. The first kappa shape index (κ1) is 18.6. The van der Waals surface area contributed by atoms with Crippen molar-refractivity contribution in [3.05, 3.63) is 58.6 Å². The highest BCUT2D eigenvalue weighted by Gasteiger charge is 2.33. The second-order valence-electron chi connectivity index (χ2n) is 6.90. The van der Waals surface area contributed by atoms with E-state index in [9.17, 15) is 13.6 Å². The molecule has 1 amide bonds. The molecule has 1 aliphatic rings. The summed E-state index contributed by atoms with van der Waals surface area (Å²) in [6.45, 7) is 2.28. The molecule has 2 atom stereocenters. The number of aromatic nitrogens is 3. The molecular weight excluding hydrogens is 390 g/mol. The summed E-state index contributed by atoms with van der Waals surface area (Å²) in [5, 5.41) is 4.51. The Morgan fingerprint density at radius 3 is 2.82 bits per heavy atom. The van der Waals surface area contributed by atoms with E-state index in [0.717, 1.165) is 25.0 Å². The van der Waals surface area contributed by atoms with Crippen LogP contribution in [-0.2, 0) is 0 Å². The summed E-state index contributed by atoms with van der Waals surface area (Å²) in [4.78, 5) is 21.8. The van der Waals surface area contributed by atoms with Crippen molar-refractivity contribution in [2.45, 2.75) is 31.7 Å². The molecule has 1 aliphatic heterocycles. The summed E-state index contributed by atoms with van der Waals surface area (Å²) in [6.07, 6.45) is 3.12. The number of hydrogen-bond donors (Lipinski definition) is 1. The number of amides is 1. The van der Waals surface area contributed by atoms with E-state index in [1.807, 2.05) is 6.92 Å². The molecule has 1 aromatic carbocycles. The maximum absolute atomic E-state index is 13.5. The van der Waals surface area contributed by atoms with E-state index < -0.39 is 11.6 Å². The number of nitrogens with zero attached hydrogens (tertiary/aromatic N) is 3. The van der Waals surface area contributed by atoms with E-state index in [-0.39, 0.29) is 23.4 Å². The Kier molecular flexibility index (Phi) is 4.89. The van der Waals surface area contributed by atoms with Gasteiger partial charge in [-0.15, -0.1) is 0 Å². The third-order valence-corrected chi connectivity index (χ3v) is 5.21. The third kappa shape index (κ3) is 3.52. The molecule has 0 radical (unpaired) electrons. The zero-order chi connectivity index (χ0) is 19.8. The van der Waals surface area contributed by atoms with Crippen LogP contribution in [0.1, 0.15) is 41.9 Å². The van der Waals surface area contributed by atoms with Crippen LogP contribution in [0.5, 0.6) is 0 Å². The highest BCUT2D eigenvalue weighted by atomic mass is 35.5. The molecule has 2 aromatic heterocycles. The SMILES string of the molecule is C[C@@H]1CC[C@H](c2nc(-c3cc(Cl)c[nH]3)no2)CN1C(=O)c1ccc(F)c(F)c1. The number of piperidine rings is 1. The van der Waals surface area contributed by atoms with E-state index in [2.05, 4.69) is 15.1 Å². The number of likely N-dealkylation sites (tertiary alicyclic amines) is 1. The predicted octanol–water partition coefficient (Wildman–Crippen LogP) is 4.40. The Labute approximate surface area is 164 Å². The van der Waals surface area contributed by atoms with Gasteiger partial charge in [-0.2, -0.15) is 4.98 Å². The lowest BCUT2D eigenvalue weighted by Crippen LogP contribution is -2.45. The molecule has 0 bridgehead atoms. The molecule has 1 N–H and O–H groups in total. The van der Waals surface area contributed by atoms with Crippen LogP contribution >= 0.6 is 11.6 Å². The molecule has 9 heteroatoms. The molecule has 4 rings (SSSR count). The number of benzene rings is 1. The summed E-state index contributed by atoms with van der Waals surface area (Å²) >= 11 is 5.90. The van der Waals surface area contributed by atoms with E-state index in [0.29, 0.717) is 29.0 Å². The monoisotopic (exact) mass is 406 g/mol. The van der Waals surface area contributed by atoms with Gasteiger partial charge in [0.25, 0.3) is 5.91 Å². The van der Waals surface area contributed by atoms with Gasteiger partial charge in [-0.3, -0.25) is 4.79 Å². The van der Waals surface area contributed by atoms with Gasteiger partial charge >= 0.3 is 0 Å². The van der Waals surface area contributed by atoms with Gasteiger partial charge in [0.2, 0.25) is 11.7 Å².